The highest BCUT2D eigenvalue weighted by Gasteiger charge is 2.06. The van der Waals surface area contributed by atoms with Gasteiger partial charge in [-0.25, -0.2) is 0 Å². The quantitative estimate of drug-likeness (QED) is 0.821. The van der Waals surface area contributed by atoms with E-state index in [1.807, 2.05) is 19.9 Å². The number of nitrogens with one attached hydrogen (secondary N) is 2. The second kappa shape index (κ2) is 3.93. The van der Waals surface area contributed by atoms with Gasteiger partial charge >= 0.3 is 0 Å². The van der Waals surface area contributed by atoms with Crippen LogP contribution in [0, 0.1) is 13.8 Å². The Morgan fingerprint density at radius 2 is 2.00 bits per heavy atom. The summed E-state index contributed by atoms with van der Waals surface area (Å²) in [4.78, 5) is 0. The average molecular weight is 269 g/mol. The smallest absolute Gasteiger partial charge is 0.195 e. The SMILES string of the molecule is Cc1cc(N=Nc2c(Br)n[nH]c2C)n[nH]1. The molecule has 0 fully saturated rings. The fraction of sp³-hybridized carbons (Fsp3) is 0.250. The summed E-state index contributed by atoms with van der Waals surface area (Å²) >= 11 is 3.27. The lowest BCUT2D eigenvalue weighted by atomic mass is 10.4. The molecule has 2 rings (SSSR count). The topological polar surface area (TPSA) is 82.1 Å². The average Bonchev–Trinajstić information content (AvgIpc) is 2.73. The van der Waals surface area contributed by atoms with Gasteiger partial charge in [0.25, 0.3) is 0 Å². The van der Waals surface area contributed by atoms with Crippen molar-refractivity contribution in [1.82, 2.24) is 20.4 Å². The third-order valence-corrected chi connectivity index (χ3v) is 2.37. The third-order valence-electron chi connectivity index (χ3n) is 1.82. The van der Waals surface area contributed by atoms with Crippen molar-refractivity contribution < 1.29 is 0 Å². The maximum Gasteiger partial charge on any atom is 0.195 e. The van der Waals surface area contributed by atoms with E-state index in [1.165, 1.54) is 0 Å². The van der Waals surface area contributed by atoms with Gasteiger partial charge in [-0.15, -0.1) is 10.2 Å². The van der Waals surface area contributed by atoms with Gasteiger partial charge < -0.3 is 0 Å². The highest BCUT2D eigenvalue weighted by atomic mass is 79.9. The summed E-state index contributed by atoms with van der Waals surface area (Å²) in [6.07, 6.45) is 0. The first kappa shape index (κ1) is 10.0. The molecule has 0 aliphatic rings. The fourth-order valence-corrected chi connectivity index (χ4v) is 1.53. The number of hydrogen-bond acceptors (Lipinski definition) is 4. The van der Waals surface area contributed by atoms with Crippen LogP contribution in [0.1, 0.15) is 11.4 Å². The Hall–Kier alpha value is -1.50. The van der Waals surface area contributed by atoms with Crippen molar-refractivity contribution in [3.05, 3.63) is 22.1 Å². The number of halogens is 1. The Balaban J connectivity index is 2.25. The number of nitrogens with zero attached hydrogens (tertiary/aromatic N) is 4. The van der Waals surface area contributed by atoms with Crippen LogP contribution in [-0.2, 0) is 0 Å². The van der Waals surface area contributed by atoms with E-state index < -0.39 is 0 Å². The summed E-state index contributed by atoms with van der Waals surface area (Å²) in [6, 6.07) is 1.81. The summed E-state index contributed by atoms with van der Waals surface area (Å²) in [5.41, 5.74) is 2.50. The van der Waals surface area contributed by atoms with E-state index in [1.54, 1.807) is 0 Å². The number of hydrogen-bond donors (Lipinski definition) is 2. The highest BCUT2D eigenvalue weighted by Crippen LogP contribution is 2.27. The van der Waals surface area contributed by atoms with Crippen LogP contribution < -0.4 is 0 Å². The molecule has 15 heavy (non-hydrogen) atoms. The van der Waals surface area contributed by atoms with E-state index in [4.69, 9.17) is 0 Å². The molecule has 2 aromatic heterocycles. The Morgan fingerprint density at radius 3 is 2.53 bits per heavy atom. The summed E-state index contributed by atoms with van der Waals surface area (Å²) in [7, 11) is 0. The van der Waals surface area contributed by atoms with Crippen LogP contribution in [0.5, 0.6) is 0 Å². The minimum Gasteiger partial charge on any atom is -0.281 e. The zero-order chi connectivity index (χ0) is 10.8. The van der Waals surface area contributed by atoms with Gasteiger partial charge in [0.2, 0.25) is 0 Å². The first-order valence-corrected chi connectivity index (χ1v) is 5.10. The molecule has 0 aliphatic carbocycles. The van der Waals surface area contributed by atoms with Gasteiger partial charge in [-0.2, -0.15) is 10.2 Å². The molecule has 2 aromatic rings. The van der Waals surface area contributed by atoms with Crippen molar-refractivity contribution in [3.8, 4) is 0 Å². The molecule has 2 heterocycles. The molecule has 0 amide bonds. The van der Waals surface area contributed by atoms with Crippen molar-refractivity contribution >= 4 is 27.4 Å². The molecule has 0 bridgehead atoms. The zero-order valence-electron chi connectivity index (χ0n) is 8.24. The second-order valence-electron chi connectivity index (χ2n) is 3.10. The van der Waals surface area contributed by atoms with E-state index in [9.17, 15) is 0 Å². The van der Waals surface area contributed by atoms with Gasteiger partial charge in [0.15, 0.2) is 10.4 Å². The van der Waals surface area contributed by atoms with E-state index >= 15 is 0 Å². The number of aryl methyl sites for hydroxylation is 2. The zero-order valence-corrected chi connectivity index (χ0v) is 9.83. The van der Waals surface area contributed by atoms with Crippen molar-refractivity contribution in [1.29, 1.82) is 0 Å². The minimum atomic E-state index is 0.556. The van der Waals surface area contributed by atoms with Crippen LogP contribution in [0.25, 0.3) is 0 Å². The van der Waals surface area contributed by atoms with Crippen molar-refractivity contribution in [2.45, 2.75) is 13.8 Å². The van der Waals surface area contributed by atoms with E-state index in [2.05, 4.69) is 46.6 Å². The summed E-state index contributed by atoms with van der Waals surface area (Å²) in [5, 5.41) is 21.5. The van der Waals surface area contributed by atoms with Gasteiger partial charge in [-0.1, -0.05) is 0 Å². The predicted molar refractivity (Wildman–Crippen MR) is 58.5 cm³/mol. The van der Waals surface area contributed by atoms with Crippen LogP contribution in [0.4, 0.5) is 11.5 Å². The normalized spacial score (nSPS) is 11.4. The molecular weight excluding hydrogens is 260 g/mol. The lowest BCUT2D eigenvalue weighted by Gasteiger charge is -1.87. The van der Waals surface area contributed by atoms with Crippen LogP contribution >= 0.6 is 15.9 Å². The molecule has 6 nitrogen and oxygen atoms in total. The Labute approximate surface area is 94.3 Å². The van der Waals surface area contributed by atoms with Crippen LogP contribution in [0.2, 0.25) is 0 Å². The number of aromatic nitrogens is 4. The maximum absolute atomic E-state index is 4.05. The van der Waals surface area contributed by atoms with Gasteiger partial charge in [-0.05, 0) is 29.8 Å². The van der Waals surface area contributed by atoms with Crippen LogP contribution in [0.15, 0.2) is 20.9 Å². The van der Waals surface area contributed by atoms with Gasteiger partial charge in [0.1, 0.15) is 5.69 Å². The summed E-state index contributed by atoms with van der Waals surface area (Å²) in [5.74, 6) is 0.556. The lowest BCUT2D eigenvalue weighted by Crippen LogP contribution is -1.69. The minimum absolute atomic E-state index is 0.556. The molecular formula is C8H9BrN6. The number of aromatic amines is 2. The molecule has 0 radical (unpaired) electrons. The number of azo groups is 1. The molecule has 0 atom stereocenters. The molecule has 0 unspecified atom stereocenters. The van der Waals surface area contributed by atoms with E-state index in [0.717, 1.165) is 11.4 Å². The van der Waals surface area contributed by atoms with Crippen molar-refractivity contribution in [2.24, 2.45) is 10.2 Å². The summed E-state index contributed by atoms with van der Waals surface area (Å²) < 4.78 is 0.649. The van der Waals surface area contributed by atoms with Crippen molar-refractivity contribution in [2.75, 3.05) is 0 Å². The molecule has 0 aromatic carbocycles. The molecule has 0 saturated carbocycles. The third kappa shape index (κ3) is 2.12. The molecule has 7 heteroatoms. The van der Waals surface area contributed by atoms with Gasteiger partial charge in [-0.3, -0.25) is 10.2 Å². The highest BCUT2D eigenvalue weighted by molar-refractivity contribution is 9.10. The van der Waals surface area contributed by atoms with Gasteiger partial charge in [0.05, 0.1) is 5.69 Å². The van der Waals surface area contributed by atoms with Gasteiger partial charge in [0, 0.05) is 11.8 Å². The molecule has 0 aliphatic heterocycles. The largest absolute Gasteiger partial charge is 0.281 e. The van der Waals surface area contributed by atoms with E-state index in [0.29, 0.717) is 16.1 Å². The standard InChI is InChI=1S/C8H9BrN6/c1-4-3-6(12-10-4)13-14-7-5(2)11-15-8(7)9/h3H,1-2H3,(H,10,12)(H,11,15). The fourth-order valence-electron chi connectivity index (χ4n) is 1.07. The molecule has 0 spiro atoms. The second-order valence-corrected chi connectivity index (χ2v) is 3.85. The van der Waals surface area contributed by atoms with E-state index in [-0.39, 0.29) is 0 Å². The summed E-state index contributed by atoms with van der Waals surface area (Å²) in [6.45, 7) is 3.78. The number of H-pyrrole nitrogens is 2. The van der Waals surface area contributed by atoms with Crippen LogP contribution in [0.3, 0.4) is 0 Å². The molecule has 2 N–H and O–H groups in total. The van der Waals surface area contributed by atoms with Crippen molar-refractivity contribution in [3.63, 3.8) is 0 Å². The first-order valence-electron chi connectivity index (χ1n) is 4.31. The first-order chi connectivity index (χ1) is 7.16. The Morgan fingerprint density at radius 1 is 1.20 bits per heavy atom. The lowest BCUT2D eigenvalue weighted by molar-refractivity contribution is 1.02. The maximum atomic E-state index is 4.05. The predicted octanol–water partition coefficient (Wildman–Crippen LogP) is 2.93. The molecule has 0 saturated heterocycles. The molecule has 78 valence electrons. The number of rotatable bonds is 2. The monoisotopic (exact) mass is 268 g/mol. The Kier molecular flexibility index (Phi) is 2.63. The Bertz CT molecular complexity index is 477. The van der Waals surface area contributed by atoms with Crippen LogP contribution in [-0.4, -0.2) is 20.4 Å².